The zero-order chi connectivity index (χ0) is 9.19. The summed E-state index contributed by atoms with van der Waals surface area (Å²) in [5.41, 5.74) is 5.58. The Bertz CT molecular complexity index is 184. The Hall–Kier alpha value is -0.610. The number of hydrogen-bond acceptors (Lipinski definition) is 3. The van der Waals surface area contributed by atoms with Crippen LogP contribution in [0, 0.1) is 0 Å². The van der Waals surface area contributed by atoms with Crippen LogP contribution in [0.15, 0.2) is 0 Å². The minimum atomic E-state index is -0.164. The molecule has 12 heavy (non-hydrogen) atoms. The van der Waals surface area contributed by atoms with E-state index >= 15 is 0 Å². The maximum Gasteiger partial charge on any atom is 0.515 e. The first-order chi connectivity index (χ1) is 5.65. The van der Waals surface area contributed by atoms with Gasteiger partial charge < -0.3 is 10.5 Å². The molecular weight excluding hydrogens is 156 g/mol. The average Bonchev–Trinajstić information content (AvgIpc) is 2.46. The molecule has 0 aromatic carbocycles. The lowest BCUT2D eigenvalue weighted by molar-refractivity contribution is -0.848. The number of likely N-dealkylation sites (tertiary alicyclic amines) is 1. The molecule has 1 aliphatic heterocycles. The average molecular weight is 173 g/mol. The molecule has 1 unspecified atom stereocenters. The second-order valence-electron chi connectivity index (χ2n) is 3.49. The highest BCUT2D eigenvalue weighted by molar-refractivity contribution is 5.59. The van der Waals surface area contributed by atoms with Crippen molar-refractivity contribution in [1.29, 1.82) is 0 Å². The Balaban J connectivity index is 2.74. The van der Waals surface area contributed by atoms with Crippen LogP contribution in [0.4, 0.5) is 4.79 Å². The van der Waals surface area contributed by atoms with E-state index in [1.54, 1.807) is 0 Å². The maximum atomic E-state index is 11.4. The number of carbonyl (C=O) groups excluding carboxylic acids is 1. The van der Waals surface area contributed by atoms with E-state index in [2.05, 4.69) is 0 Å². The Morgan fingerprint density at radius 1 is 1.75 bits per heavy atom. The molecule has 0 radical (unpaired) electrons. The monoisotopic (exact) mass is 173 g/mol. The van der Waals surface area contributed by atoms with Gasteiger partial charge in [-0.25, -0.2) is 4.48 Å². The van der Waals surface area contributed by atoms with E-state index in [0.717, 1.165) is 19.4 Å². The summed E-state index contributed by atoms with van der Waals surface area (Å²) in [5.74, 6) is 0. The summed E-state index contributed by atoms with van der Waals surface area (Å²) in [6.07, 6.45) is 1.93. The van der Waals surface area contributed by atoms with Crippen LogP contribution in [0.1, 0.15) is 12.8 Å². The van der Waals surface area contributed by atoms with Crippen molar-refractivity contribution in [2.24, 2.45) is 5.73 Å². The first-order valence-corrected chi connectivity index (χ1v) is 4.29. The molecule has 70 valence electrons. The summed E-state index contributed by atoms with van der Waals surface area (Å²) in [6, 6.07) is 0.248. The van der Waals surface area contributed by atoms with E-state index < -0.39 is 0 Å². The quantitative estimate of drug-likeness (QED) is 0.581. The molecule has 1 heterocycles. The normalized spacial score (nSPS) is 35.1. The SMILES string of the molecule is COC(=O)[N+]1(C)CCC[C@@H]1CN. The number of rotatable bonds is 1. The van der Waals surface area contributed by atoms with Crippen molar-refractivity contribution in [3.63, 3.8) is 0 Å². The first kappa shape index (κ1) is 9.48. The van der Waals surface area contributed by atoms with Crippen LogP contribution < -0.4 is 5.73 Å². The van der Waals surface area contributed by atoms with Gasteiger partial charge in [-0.05, 0) is 0 Å². The second kappa shape index (κ2) is 3.41. The van der Waals surface area contributed by atoms with Crippen molar-refractivity contribution in [3.8, 4) is 0 Å². The van der Waals surface area contributed by atoms with E-state index in [9.17, 15) is 4.79 Å². The Morgan fingerprint density at radius 2 is 2.42 bits per heavy atom. The molecule has 1 fully saturated rings. The number of nitrogens with zero attached hydrogens (tertiary/aromatic N) is 1. The maximum absolute atomic E-state index is 11.4. The highest BCUT2D eigenvalue weighted by atomic mass is 16.5. The van der Waals surface area contributed by atoms with Crippen LogP contribution in [0.5, 0.6) is 0 Å². The minimum absolute atomic E-state index is 0.164. The topological polar surface area (TPSA) is 52.3 Å². The molecule has 1 aliphatic rings. The fourth-order valence-corrected chi connectivity index (χ4v) is 1.92. The summed E-state index contributed by atoms with van der Waals surface area (Å²) in [4.78, 5) is 11.4. The summed E-state index contributed by atoms with van der Waals surface area (Å²) in [7, 11) is 3.33. The predicted molar refractivity (Wildman–Crippen MR) is 45.5 cm³/mol. The lowest BCUT2D eigenvalue weighted by Crippen LogP contribution is -2.55. The van der Waals surface area contributed by atoms with Gasteiger partial charge in [0.25, 0.3) is 0 Å². The molecule has 0 spiro atoms. The number of methoxy groups -OCH3 is 1. The van der Waals surface area contributed by atoms with Gasteiger partial charge in [-0.3, -0.25) is 0 Å². The molecule has 1 saturated heterocycles. The van der Waals surface area contributed by atoms with Gasteiger partial charge in [0, 0.05) is 19.4 Å². The largest absolute Gasteiger partial charge is 0.515 e. The van der Waals surface area contributed by atoms with E-state index in [-0.39, 0.29) is 12.1 Å². The van der Waals surface area contributed by atoms with Crippen LogP contribution >= 0.6 is 0 Å². The van der Waals surface area contributed by atoms with E-state index in [4.69, 9.17) is 10.5 Å². The number of likely N-dealkylation sites (N-methyl/N-ethyl adjacent to an activating group) is 1. The Labute approximate surface area is 72.9 Å². The zero-order valence-electron chi connectivity index (χ0n) is 7.75. The van der Waals surface area contributed by atoms with Crippen molar-refractivity contribution in [3.05, 3.63) is 0 Å². The number of ether oxygens (including phenoxy) is 1. The fraction of sp³-hybridized carbons (Fsp3) is 0.875. The molecule has 2 N–H and O–H groups in total. The molecular formula is C8H17N2O2+. The van der Waals surface area contributed by atoms with Gasteiger partial charge in [-0.2, -0.15) is 4.79 Å². The Kier molecular flexibility index (Phi) is 2.69. The molecule has 1 amide bonds. The lowest BCUT2D eigenvalue weighted by atomic mass is 10.2. The minimum Gasteiger partial charge on any atom is -0.423 e. The number of nitrogens with two attached hydrogens (primary N) is 1. The Morgan fingerprint density at radius 3 is 2.92 bits per heavy atom. The van der Waals surface area contributed by atoms with Gasteiger partial charge in [0.2, 0.25) is 0 Å². The van der Waals surface area contributed by atoms with E-state index in [1.807, 2.05) is 7.05 Å². The summed E-state index contributed by atoms with van der Waals surface area (Å²) >= 11 is 0. The third kappa shape index (κ3) is 1.32. The molecule has 0 aromatic heterocycles. The smallest absolute Gasteiger partial charge is 0.423 e. The van der Waals surface area contributed by atoms with Gasteiger partial charge in [0.05, 0.1) is 20.7 Å². The third-order valence-electron chi connectivity index (χ3n) is 2.83. The fourth-order valence-electron chi connectivity index (χ4n) is 1.92. The van der Waals surface area contributed by atoms with Crippen molar-refractivity contribution >= 4 is 6.09 Å². The van der Waals surface area contributed by atoms with Crippen LogP contribution in [-0.2, 0) is 4.74 Å². The highest BCUT2D eigenvalue weighted by Crippen LogP contribution is 2.24. The van der Waals surface area contributed by atoms with E-state index in [1.165, 1.54) is 7.11 Å². The summed E-state index contributed by atoms with van der Waals surface area (Å²) in [5, 5.41) is 0. The van der Waals surface area contributed by atoms with Crippen LogP contribution in [-0.4, -0.2) is 43.9 Å². The summed E-state index contributed by atoms with van der Waals surface area (Å²) < 4.78 is 5.10. The van der Waals surface area contributed by atoms with Crippen molar-refractivity contribution in [2.75, 3.05) is 27.2 Å². The van der Waals surface area contributed by atoms with Gasteiger partial charge in [0.15, 0.2) is 0 Å². The first-order valence-electron chi connectivity index (χ1n) is 4.29. The molecule has 4 heteroatoms. The van der Waals surface area contributed by atoms with Crippen molar-refractivity contribution in [2.45, 2.75) is 18.9 Å². The third-order valence-corrected chi connectivity index (χ3v) is 2.83. The molecule has 0 saturated carbocycles. The summed E-state index contributed by atoms with van der Waals surface area (Å²) in [6.45, 7) is 1.42. The number of carbonyl (C=O) groups is 1. The van der Waals surface area contributed by atoms with Gasteiger partial charge >= 0.3 is 6.09 Å². The molecule has 0 bridgehead atoms. The number of quaternary nitrogens is 1. The molecule has 2 atom stereocenters. The van der Waals surface area contributed by atoms with Crippen LogP contribution in [0.3, 0.4) is 0 Å². The number of hydrogen-bond donors (Lipinski definition) is 1. The standard InChI is InChI=1S/C8H17N2O2/c1-10(8(11)12-2)5-3-4-7(10)6-9/h7H,3-6,9H2,1-2H3/q+1/t7-,10?/m1/s1. The van der Waals surface area contributed by atoms with Crippen molar-refractivity contribution in [1.82, 2.24) is 0 Å². The zero-order valence-corrected chi connectivity index (χ0v) is 7.75. The number of amides is 1. The molecule has 0 aliphatic carbocycles. The predicted octanol–water partition coefficient (Wildman–Crippen LogP) is 0.321. The van der Waals surface area contributed by atoms with Gasteiger partial charge in [-0.15, -0.1) is 0 Å². The van der Waals surface area contributed by atoms with Crippen LogP contribution in [0.2, 0.25) is 0 Å². The van der Waals surface area contributed by atoms with Gasteiger partial charge in [0.1, 0.15) is 6.04 Å². The molecule has 4 nitrogen and oxygen atoms in total. The van der Waals surface area contributed by atoms with Crippen LogP contribution in [0.25, 0.3) is 0 Å². The van der Waals surface area contributed by atoms with E-state index in [0.29, 0.717) is 11.0 Å². The van der Waals surface area contributed by atoms with Crippen molar-refractivity contribution < 1.29 is 14.0 Å². The molecule has 0 aromatic rings. The highest BCUT2D eigenvalue weighted by Gasteiger charge is 2.44. The lowest BCUT2D eigenvalue weighted by Gasteiger charge is -2.30. The molecule has 1 rings (SSSR count). The van der Waals surface area contributed by atoms with Gasteiger partial charge in [-0.1, -0.05) is 0 Å². The second-order valence-corrected chi connectivity index (χ2v) is 3.49.